The number of amides is 2. The molecule has 2 amide bonds. The standard InChI is InChI=1S/C19H20ClN3O3/c1-12-5-7-15(9-16(12)20)22-18(24)10-19(25)23-21-11-14-6-4-13(2)17(8-14)26-3/h4-9,11H,10H2,1-3H3,(H,22,24)(H,23,25). The molecule has 0 aliphatic heterocycles. The number of halogens is 1. The van der Waals surface area contributed by atoms with Crippen LogP contribution in [0.25, 0.3) is 0 Å². The van der Waals surface area contributed by atoms with Crippen molar-refractivity contribution in [2.24, 2.45) is 5.10 Å². The Morgan fingerprint density at radius 3 is 2.54 bits per heavy atom. The molecule has 0 saturated heterocycles. The molecule has 2 aromatic rings. The Morgan fingerprint density at radius 2 is 1.85 bits per heavy atom. The summed E-state index contributed by atoms with van der Waals surface area (Å²) in [5.74, 6) is -0.234. The minimum atomic E-state index is -0.518. The maximum absolute atomic E-state index is 11.9. The monoisotopic (exact) mass is 373 g/mol. The summed E-state index contributed by atoms with van der Waals surface area (Å²) in [6.07, 6.45) is 1.14. The smallest absolute Gasteiger partial charge is 0.249 e. The summed E-state index contributed by atoms with van der Waals surface area (Å²) in [6, 6.07) is 10.7. The molecule has 0 radical (unpaired) electrons. The van der Waals surface area contributed by atoms with Crippen molar-refractivity contribution in [1.29, 1.82) is 0 Å². The van der Waals surface area contributed by atoms with E-state index in [9.17, 15) is 9.59 Å². The van der Waals surface area contributed by atoms with Gasteiger partial charge in [0.1, 0.15) is 12.2 Å². The highest BCUT2D eigenvalue weighted by Gasteiger charge is 2.09. The van der Waals surface area contributed by atoms with Crippen LogP contribution in [-0.4, -0.2) is 25.1 Å². The Kier molecular flexibility index (Phi) is 6.74. The third-order valence-corrected chi connectivity index (χ3v) is 4.02. The van der Waals surface area contributed by atoms with Crippen molar-refractivity contribution in [1.82, 2.24) is 5.43 Å². The van der Waals surface area contributed by atoms with Gasteiger partial charge in [0.2, 0.25) is 11.8 Å². The van der Waals surface area contributed by atoms with Crippen molar-refractivity contribution < 1.29 is 14.3 Å². The zero-order valence-electron chi connectivity index (χ0n) is 14.8. The van der Waals surface area contributed by atoms with Crippen molar-refractivity contribution in [3.63, 3.8) is 0 Å². The molecule has 2 rings (SSSR count). The first-order valence-electron chi connectivity index (χ1n) is 7.91. The second-order valence-corrected chi connectivity index (χ2v) is 6.12. The average Bonchev–Trinajstić information content (AvgIpc) is 2.59. The van der Waals surface area contributed by atoms with Crippen LogP contribution in [0.3, 0.4) is 0 Å². The van der Waals surface area contributed by atoms with Gasteiger partial charge in [-0.05, 0) is 48.7 Å². The lowest BCUT2D eigenvalue weighted by Crippen LogP contribution is -2.24. The van der Waals surface area contributed by atoms with Crippen LogP contribution in [0.1, 0.15) is 23.1 Å². The van der Waals surface area contributed by atoms with Gasteiger partial charge in [0.25, 0.3) is 0 Å². The van der Waals surface area contributed by atoms with E-state index in [0.717, 1.165) is 22.4 Å². The van der Waals surface area contributed by atoms with Crippen LogP contribution < -0.4 is 15.5 Å². The molecule has 26 heavy (non-hydrogen) atoms. The zero-order valence-corrected chi connectivity index (χ0v) is 15.6. The molecular weight excluding hydrogens is 354 g/mol. The number of hydrogen-bond donors (Lipinski definition) is 2. The van der Waals surface area contributed by atoms with Crippen molar-refractivity contribution in [3.8, 4) is 5.75 Å². The first-order chi connectivity index (χ1) is 12.4. The lowest BCUT2D eigenvalue weighted by atomic mass is 10.1. The number of carbonyl (C=O) groups excluding carboxylic acids is 2. The minimum absolute atomic E-state index is 0.347. The third kappa shape index (κ3) is 5.60. The summed E-state index contributed by atoms with van der Waals surface area (Å²) >= 11 is 6.00. The number of hydrazone groups is 1. The van der Waals surface area contributed by atoms with Gasteiger partial charge in [-0.3, -0.25) is 9.59 Å². The number of carbonyl (C=O) groups is 2. The van der Waals surface area contributed by atoms with Crippen molar-refractivity contribution >= 4 is 35.3 Å². The van der Waals surface area contributed by atoms with E-state index in [-0.39, 0.29) is 6.42 Å². The molecule has 0 atom stereocenters. The summed E-state index contributed by atoms with van der Waals surface area (Å²) in [4.78, 5) is 23.7. The Hall–Kier alpha value is -2.86. The van der Waals surface area contributed by atoms with Crippen LogP contribution in [0, 0.1) is 13.8 Å². The summed E-state index contributed by atoms with van der Waals surface area (Å²) in [5.41, 5.74) is 5.54. The maximum Gasteiger partial charge on any atom is 0.249 e. The van der Waals surface area contributed by atoms with E-state index < -0.39 is 11.8 Å². The van der Waals surface area contributed by atoms with Crippen LogP contribution >= 0.6 is 11.6 Å². The number of anilines is 1. The molecule has 0 unspecified atom stereocenters. The highest BCUT2D eigenvalue weighted by Crippen LogP contribution is 2.20. The number of rotatable bonds is 6. The van der Waals surface area contributed by atoms with Crippen LogP contribution in [0.4, 0.5) is 5.69 Å². The predicted molar refractivity (Wildman–Crippen MR) is 103 cm³/mol. The fraction of sp³-hybridized carbons (Fsp3) is 0.211. The lowest BCUT2D eigenvalue weighted by Gasteiger charge is -2.06. The number of aryl methyl sites for hydroxylation is 2. The number of benzene rings is 2. The van der Waals surface area contributed by atoms with E-state index in [2.05, 4.69) is 15.8 Å². The van der Waals surface area contributed by atoms with E-state index in [1.54, 1.807) is 31.4 Å². The third-order valence-electron chi connectivity index (χ3n) is 3.61. The molecule has 2 N–H and O–H groups in total. The average molecular weight is 374 g/mol. The fourth-order valence-electron chi connectivity index (χ4n) is 2.16. The first-order valence-corrected chi connectivity index (χ1v) is 8.29. The Balaban J connectivity index is 1.86. The minimum Gasteiger partial charge on any atom is -0.496 e. The van der Waals surface area contributed by atoms with Gasteiger partial charge in [-0.2, -0.15) is 5.10 Å². The Morgan fingerprint density at radius 1 is 1.12 bits per heavy atom. The molecular formula is C19H20ClN3O3. The maximum atomic E-state index is 11.9. The van der Waals surface area contributed by atoms with Gasteiger partial charge in [-0.15, -0.1) is 0 Å². The highest BCUT2D eigenvalue weighted by molar-refractivity contribution is 6.31. The molecule has 136 valence electrons. The topological polar surface area (TPSA) is 79.8 Å². The summed E-state index contributed by atoms with van der Waals surface area (Å²) in [7, 11) is 1.59. The van der Waals surface area contributed by atoms with Gasteiger partial charge in [-0.1, -0.05) is 29.8 Å². The van der Waals surface area contributed by atoms with Crippen LogP contribution in [0.2, 0.25) is 5.02 Å². The van der Waals surface area contributed by atoms with Gasteiger partial charge in [-0.25, -0.2) is 5.43 Å². The predicted octanol–water partition coefficient (Wildman–Crippen LogP) is 3.44. The number of nitrogens with one attached hydrogen (secondary N) is 2. The molecule has 0 saturated carbocycles. The molecule has 0 spiro atoms. The Bertz CT molecular complexity index is 850. The molecule has 0 aliphatic rings. The van der Waals surface area contributed by atoms with Crippen LogP contribution in [0.5, 0.6) is 5.75 Å². The molecule has 2 aromatic carbocycles. The van der Waals surface area contributed by atoms with E-state index in [0.29, 0.717) is 10.7 Å². The fourth-order valence-corrected chi connectivity index (χ4v) is 2.34. The highest BCUT2D eigenvalue weighted by atomic mass is 35.5. The molecule has 6 nitrogen and oxygen atoms in total. The van der Waals surface area contributed by atoms with Crippen molar-refractivity contribution in [3.05, 3.63) is 58.1 Å². The lowest BCUT2D eigenvalue weighted by molar-refractivity contribution is -0.126. The van der Waals surface area contributed by atoms with E-state index in [4.69, 9.17) is 16.3 Å². The largest absolute Gasteiger partial charge is 0.496 e. The zero-order chi connectivity index (χ0) is 19.1. The van der Waals surface area contributed by atoms with Gasteiger partial charge in [0.15, 0.2) is 0 Å². The molecule has 7 heteroatoms. The van der Waals surface area contributed by atoms with E-state index in [1.165, 1.54) is 6.21 Å². The molecule has 0 aromatic heterocycles. The number of nitrogens with zero attached hydrogens (tertiary/aromatic N) is 1. The Labute approximate surface area is 157 Å². The summed E-state index contributed by atoms with van der Waals surface area (Å²) < 4.78 is 5.23. The summed E-state index contributed by atoms with van der Waals surface area (Å²) in [6.45, 7) is 3.80. The molecule has 0 fully saturated rings. The van der Waals surface area contributed by atoms with Gasteiger partial charge >= 0.3 is 0 Å². The number of hydrogen-bond acceptors (Lipinski definition) is 4. The number of ether oxygens (including phenoxy) is 1. The van der Waals surface area contributed by atoms with Gasteiger partial charge < -0.3 is 10.1 Å². The van der Waals surface area contributed by atoms with Crippen molar-refractivity contribution in [2.75, 3.05) is 12.4 Å². The van der Waals surface area contributed by atoms with Gasteiger partial charge in [0, 0.05) is 10.7 Å². The number of methoxy groups -OCH3 is 1. The molecule has 0 bridgehead atoms. The van der Waals surface area contributed by atoms with Crippen LogP contribution in [0.15, 0.2) is 41.5 Å². The van der Waals surface area contributed by atoms with E-state index >= 15 is 0 Å². The van der Waals surface area contributed by atoms with Crippen molar-refractivity contribution in [2.45, 2.75) is 20.3 Å². The quantitative estimate of drug-likeness (QED) is 0.462. The second-order valence-electron chi connectivity index (χ2n) is 5.71. The SMILES string of the molecule is COc1cc(C=NNC(=O)CC(=O)Nc2ccc(C)c(Cl)c2)ccc1C. The molecule has 0 heterocycles. The normalized spacial score (nSPS) is 10.6. The second kappa shape index (κ2) is 9.01. The summed E-state index contributed by atoms with van der Waals surface area (Å²) in [5, 5.41) is 7.02. The van der Waals surface area contributed by atoms with E-state index in [1.807, 2.05) is 26.0 Å². The van der Waals surface area contributed by atoms with Gasteiger partial charge in [0.05, 0.1) is 13.3 Å². The van der Waals surface area contributed by atoms with Crippen LogP contribution in [-0.2, 0) is 9.59 Å². The molecule has 0 aliphatic carbocycles. The first kappa shape index (κ1) is 19.5.